The van der Waals surface area contributed by atoms with Gasteiger partial charge in [-0.2, -0.15) is 0 Å². The van der Waals surface area contributed by atoms with Crippen LogP contribution in [0, 0.1) is 0 Å². The summed E-state index contributed by atoms with van der Waals surface area (Å²) in [6.07, 6.45) is 2.83. The number of benzene rings is 1. The molecule has 1 heterocycles. The molecule has 0 saturated carbocycles. The van der Waals surface area contributed by atoms with E-state index >= 15 is 0 Å². The summed E-state index contributed by atoms with van der Waals surface area (Å²) in [7, 11) is -0.0429. The minimum atomic E-state index is -3.58. The highest BCUT2D eigenvalue weighted by molar-refractivity contribution is 7.89. The average molecular weight is 430 g/mol. The fourth-order valence-corrected chi connectivity index (χ4v) is 3.64. The molecule has 0 aliphatic heterocycles. The van der Waals surface area contributed by atoms with Crippen LogP contribution in [-0.2, 0) is 16.6 Å². The molecule has 2 aromatic rings. The topological polar surface area (TPSA) is 86.7 Å². The first-order chi connectivity index (χ1) is 12.8. The Bertz CT molecular complexity index is 891. The molecule has 0 aliphatic rings. The summed E-state index contributed by atoms with van der Waals surface area (Å²) in [6, 6.07) is 8.51. The van der Waals surface area contributed by atoms with Crippen LogP contribution in [0.15, 0.2) is 52.6 Å². The Morgan fingerprint density at radius 3 is 2.63 bits per heavy atom. The molecule has 1 aromatic heterocycles. The molecule has 0 amide bonds. The lowest BCUT2D eigenvalue weighted by molar-refractivity contribution is 0.477. The van der Waals surface area contributed by atoms with Gasteiger partial charge in [-0.25, -0.2) is 13.1 Å². The molecule has 0 fully saturated rings. The predicted molar refractivity (Wildman–Crippen MR) is 109 cm³/mol. The van der Waals surface area contributed by atoms with Crippen LogP contribution in [0.1, 0.15) is 5.56 Å². The van der Waals surface area contributed by atoms with Crippen molar-refractivity contribution < 1.29 is 8.42 Å². The number of hydrogen-bond acceptors (Lipinski definition) is 4. The van der Waals surface area contributed by atoms with Crippen LogP contribution >= 0.6 is 23.2 Å². The first-order valence-corrected chi connectivity index (χ1v) is 10.3. The highest BCUT2D eigenvalue weighted by Gasteiger charge is 2.13. The van der Waals surface area contributed by atoms with Crippen molar-refractivity contribution in [2.75, 3.05) is 27.2 Å². The Balaban J connectivity index is 1.85. The van der Waals surface area contributed by atoms with Crippen LogP contribution in [0.2, 0.25) is 10.0 Å². The number of guanidine groups is 1. The van der Waals surface area contributed by atoms with Gasteiger partial charge in [0.05, 0.1) is 10.0 Å². The number of halogens is 2. The van der Waals surface area contributed by atoms with Gasteiger partial charge < -0.3 is 10.2 Å². The fourth-order valence-electron chi connectivity index (χ4n) is 2.32. The van der Waals surface area contributed by atoms with Crippen LogP contribution in [0.3, 0.4) is 0 Å². The third kappa shape index (κ3) is 6.35. The van der Waals surface area contributed by atoms with Crippen LogP contribution in [0.4, 0.5) is 0 Å². The maximum absolute atomic E-state index is 12.1. The minimum Gasteiger partial charge on any atom is -0.355 e. The number of aromatic nitrogens is 1. The third-order valence-electron chi connectivity index (χ3n) is 3.62. The molecule has 0 saturated heterocycles. The summed E-state index contributed by atoms with van der Waals surface area (Å²) in [6.45, 7) is 1.15. The first kappa shape index (κ1) is 21.4. The number of hydrogen-bond donors (Lipinski definition) is 2. The molecule has 1 aromatic carbocycles. The van der Waals surface area contributed by atoms with Crippen molar-refractivity contribution in [2.45, 2.75) is 11.4 Å². The molecular weight excluding hydrogens is 409 g/mol. The standard InChI is InChI=1S/C17H21Cl2N5O2S/c1-20-17(24(2)12-13-5-6-15(18)16(19)10-13)22-8-9-23-27(25,26)14-4-3-7-21-11-14/h3-7,10-11,23H,8-9,12H2,1-2H3,(H,20,22). The van der Waals surface area contributed by atoms with Crippen LogP contribution < -0.4 is 10.0 Å². The molecule has 2 N–H and O–H groups in total. The number of sulfonamides is 1. The predicted octanol–water partition coefficient (Wildman–Crippen LogP) is 2.37. The summed E-state index contributed by atoms with van der Waals surface area (Å²) in [4.78, 5) is 10.0. The summed E-state index contributed by atoms with van der Waals surface area (Å²) >= 11 is 12.0. The summed E-state index contributed by atoms with van der Waals surface area (Å²) < 4.78 is 26.8. The largest absolute Gasteiger partial charge is 0.355 e. The van der Waals surface area contributed by atoms with Crippen LogP contribution in [-0.4, -0.2) is 51.4 Å². The van der Waals surface area contributed by atoms with Gasteiger partial charge in [0.2, 0.25) is 10.0 Å². The Morgan fingerprint density at radius 2 is 2.00 bits per heavy atom. The Morgan fingerprint density at radius 1 is 1.22 bits per heavy atom. The van der Waals surface area contributed by atoms with Gasteiger partial charge in [-0.3, -0.25) is 9.98 Å². The SMILES string of the molecule is CN=C(NCCNS(=O)(=O)c1cccnc1)N(C)Cc1ccc(Cl)c(Cl)c1. The zero-order chi connectivity index (χ0) is 19.9. The van der Waals surface area contributed by atoms with Gasteiger partial charge in [-0.15, -0.1) is 0 Å². The number of nitrogens with one attached hydrogen (secondary N) is 2. The molecular formula is C17H21Cl2N5O2S. The van der Waals surface area contributed by atoms with E-state index in [2.05, 4.69) is 20.0 Å². The maximum atomic E-state index is 12.1. The molecule has 0 aliphatic carbocycles. The second-order valence-corrected chi connectivity index (χ2v) is 8.25. The quantitative estimate of drug-likeness (QED) is 0.400. The molecule has 0 radical (unpaired) electrons. The summed E-state index contributed by atoms with van der Waals surface area (Å²) in [5.74, 6) is 0.627. The summed E-state index contributed by atoms with van der Waals surface area (Å²) in [5.41, 5.74) is 0.979. The van der Waals surface area contributed by atoms with Crippen molar-refractivity contribution in [3.63, 3.8) is 0 Å². The van der Waals surface area contributed by atoms with E-state index < -0.39 is 10.0 Å². The molecule has 0 spiro atoms. The van der Waals surface area contributed by atoms with E-state index in [1.54, 1.807) is 25.2 Å². The van der Waals surface area contributed by atoms with Crippen LogP contribution in [0.5, 0.6) is 0 Å². The van der Waals surface area contributed by atoms with Crippen molar-refractivity contribution in [1.82, 2.24) is 19.9 Å². The van der Waals surface area contributed by atoms with E-state index in [4.69, 9.17) is 23.2 Å². The van der Waals surface area contributed by atoms with E-state index in [1.165, 1.54) is 18.5 Å². The average Bonchev–Trinajstić information content (AvgIpc) is 2.65. The van der Waals surface area contributed by atoms with E-state index in [1.807, 2.05) is 18.0 Å². The Kier molecular flexibility index (Phi) is 7.85. The molecule has 2 rings (SSSR count). The fraction of sp³-hybridized carbons (Fsp3) is 0.294. The Hall–Kier alpha value is -1.87. The molecule has 27 heavy (non-hydrogen) atoms. The lowest BCUT2D eigenvalue weighted by Crippen LogP contribution is -2.42. The molecule has 10 heteroatoms. The lowest BCUT2D eigenvalue weighted by Gasteiger charge is -2.22. The van der Waals surface area contributed by atoms with Gasteiger partial charge in [0.15, 0.2) is 5.96 Å². The second kappa shape index (κ2) is 9.89. The van der Waals surface area contributed by atoms with Crippen LogP contribution in [0.25, 0.3) is 0 Å². The number of aliphatic imine (C=N–C) groups is 1. The maximum Gasteiger partial charge on any atom is 0.242 e. The van der Waals surface area contributed by atoms with Gasteiger partial charge in [0.1, 0.15) is 4.90 Å². The first-order valence-electron chi connectivity index (χ1n) is 8.09. The van der Waals surface area contributed by atoms with Gasteiger partial charge in [-0.05, 0) is 29.8 Å². The zero-order valence-electron chi connectivity index (χ0n) is 15.0. The van der Waals surface area contributed by atoms with E-state index in [0.29, 0.717) is 29.1 Å². The van der Waals surface area contributed by atoms with Gasteiger partial charge in [0.25, 0.3) is 0 Å². The van der Waals surface area contributed by atoms with Gasteiger partial charge in [-0.1, -0.05) is 29.3 Å². The van der Waals surface area contributed by atoms with Crippen molar-refractivity contribution in [1.29, 1.82) is 0 Å². The van der Waals surface area contributed by atoms with Crippen molar-refractivity contribution in [3.05, 3.63) is 58.3 Å². The smallest absolute Gasteiger partial charge is 0.242 e. The van der Waals surface area contributed by atoms with Crippen molar-refractivity contribution >= 4 is 39.2 Å². The molecule has 0 atom stereocenters. The molecule has 0 unspecified atom stereocenters. The molecule has 146 valence electrons. The number of rotatable bonds is 7. The second-order valence-electron chi connectivity index (χ2n) is 5.67. The summed E-state index contributed by atoms with van der Waals surface area (Å²) in [5, 5.41) is 4.12. The minimum absolute atomic E-state index is 0.131. The lowest BCUT2D eigenvalue weighted by atomic mass is 10.2. The Labute approximate surface area is 169 Å². The highest BCUT2D eigenvalue weighted by atomic mass is 35.5. The third-order valence-corrected chi connectivity index (χ3v) is 5.81. The van der Waals surface area contributed by atoms with Crippen molar-refractivity contribution in [2.24, 2.45) is 4.99 Å². The highest BCUT2D eigenvalue weighted by Crippen LogP contribution is 2.23. The number of pyridine rings is 1. The number of nitrogens with zero attached hydrogens (tertiary/aromatic N) is 3. The van der Waals surface area contributed by atoms with Gasteiger partial charge in [0, 0.05) is 46.1 Å². The van der Waals surface area contributed by atoms with E-state index in [9.17, 15) is 8.42 Å². The molecule has 0 bridgehead atoms. The van der Waals surface area contributed by atoms with Gasteiger partial charge >= 0.3 is 0 Å². The van der Waals surface area contributed by atoms with E-state index in [0.717, 1.165) is 5.56 Å². The normalized spacial score (nSPS) is 12.1. The monoisotopic (exact) mass is 429 g/mol. The molecule has 7 nitrogen and oxygen atoms in total. The van der Waals surface area contributed by atoms with E-state index in [-0.39, 0.29) is 11.4 Å². The van der Waals surface area contributed by atoms with Crippen molar-refractivity contribution in [3.8, 4) is 0 Å². The zero-order valence-corrected chi connectivity index (χ0v) is 17.3.